The lowest BCUT2D eigenvalue weighted by Gasteiger charge is -2.17. The van der Waals surface area contributed by atoms with E-state index in [9.17, 15) is 9.90 Å². The van der Waals surface area contributed by atoms with Crippen LogP contribution >= 0.6 is 0 Å². The minimum absolute atomic E-state index is 0.0958. The molecule has 6 heteroatoms. The van der Waals surface area contributed by atoms with E-state index in [1.807, 2.05) is 12.1 Å². The number of aliphatic hydroxyl groups is 1. The number of rotatable bonds is 6. The zero-order chi connectivity index (χ0) is 17.0. The van der Waals surface area contributed by atoms with Crippen LogP contribution in [0, 0.1) is 6.92 Å². The molecule has 0 radical (unpaired) electrons. The number of hydrogen-bond donors (Lipinski definition) is 1. The molecule has 1 heterocycles. The van der Waals surface area contributed by atoms with Gasteiger partial charge in [-0.15, -0.1) is 0 Å². The largest absolute Gasteiger partial charge is 0.390 e. The summed E-state index contributed by atoms with van der Waals surface area (Å²) >= 11 is 0. The maximum Gasteiger partial charge on any atom is 0.254 e. The lowest BCUT2D eigenvalue weighted by atomic mass is 9.98. The summed E-state index contributed by atoms with van der Waals surface area (Å²) in [6.45, 7) is 5.60. The van der Waals surface area contributed by atoms with Gasteiger partial charge in [-0.05, 0) is 44.4 Å². The Balaban J connectivity index is 1.96. The maximum atomic E-state index is 12.4. The summed E-state index contributed by atoms with van der Waals surface area (Å²) in [6.07, 6.45) is 1.45. The van der Waals surface area contributed by atoms with Gasteiger partial charge in [0, 0.05) is 19.5 Å². The minimum Gasteiger partial charge on any atom is -0.390 e. The standard InChI is InChI=1S/C17H23N3O3/c1-12-18-15(19-23-12)11-20(4)16(21)14-7-5-13(6-8-14)9-10-17(2,3)22/h5-8,22H,9-11H2,1-4H3. The molecule has 23 heavy (non-hydrogen) atoms. The smallest absolute Gasteiger partial charge is 0.254 e. The second-order valence-electron chi connectivity index (χ2n) is 6.40. The van der Waals surface area contributed by atoms with Crippen LogP contribution in [0.1, 0.15) is 47.9 Å². The molecule has 0 bridgehead atoms. The van der Waals surface area contributed by atoms with Gasteiger partial charge in [-0.1, -0.05) is 17.3 Å². The number of aryl methyl sites for hydroxylation is 2. The van der Waals surface area contributed by atoms with Crippen LogP contribution < -0.4 is 0 Å². The van der Waals surface area contributed by atoms with Crippen LogP contribution in [0.3, 0.4) is 0 Å². The van der Waals surface area contributed by atoms with Crippen LogP contribution in [-0.2, 0) is 13.0 Å². The fourth-order valence-electron chi connectivity index (χ4n) is 2.17. The summed E-state index contributed by atoms with van der Waals surface area (Å²) in [5, 5.41) is 13.5. The van der Waals surface area contributed by atoms with Gasteiger partial charge < -0.3 is 14.5 Å². The average Bonchev–Trinajstić information content (AvgIpc) is 2.89. The molecule has 2 rings (SSSR count). The predicted octanol–water partition coefficient (Wildman–Crippen LogP) is 2.35. The second kappa shape index (κ2) is 6.91. The monoisotopic (exact) mass is 317 g/mol. The molecular formula is C17H23N3O3. The molecule has 0 aliphatic heterocycles. The molecule has 6 nitrogen and oxygen atoms in total. The van der Waals surface area contributed by atoms with Crippen molar-refractivity contribution in [1.82, 2.24) is 15.0 Å². The van der Waals surface area contributed by atoms with Crippen molar-refractivity contribution in [1.29, 1.82) is 0 Å². The molecule has 0 atom stereocenters. The van der Waals surface area contributed by atoms with Crippen molar-refractivity contribution < 1.29 is 14.4 Å². The van der Waals surface area contributed by atoms with Gasteiger partial charge >= 0.3 is 0 Å². The molecule has 1 N–H and O–H groups in total. The van der Waals surface area contributed by atoms with Gasteiger partial charge in [-0.25, -0.2) is 0 Å². The molecule has 0 aliphatic carbocycles. The highest BCUT2D eigenvalue weighted by molar-refractivity contribution is 5.94. The predicted molar refractivity (Wildman–Crippen MR) is 85.9 cm³/mol. The number of carbonyl (C=O) groups is 1. The molecule has 0 saturated carbocycles. The maximum absolute atomic E-state index is 12.4. The van der Waals surface area contributed by atoms with Crippen molar-refractivity contribution >= 4 is 5.91 Å². The zero-order valence-electron chi connectivity index (χ0n) is 14.0. The van der Waals surface area contributed by atoms with E-state index in [0.717, 1.165) is 12.0 Å². The first-order chi connectivity index (χ1) is 10.7. The number of carbonyl (C=O) groups excluding carboxylic acids is 1. The van der Waals surface area contributed by atoms with Gasteiger partial charge in [0.1, 0.15) is 0 Å². The summed E-state index contributed by atoms with van der Waals surface area (Å²) in [6, 6.07) is 7.46. The van der Waals surface area contributed by atoms with E-state index in [0.29, 0.717) is 30.2 Å². The van der Waals surface area contributed by atoms with E-state index in [1.54, 1.807) is 44.9 Å². The lowest BCUT2D eigenvalue weighted by Crippen LogP contribution is -2.26. The van der Waals surface area contributed by atoms with E-state index in [-0.39, 0.29) is 5.91 Å². The van der Waals surface area contributed by atoms with E-state index < -0.39 is 5.60 Å². The molecule has 0 aliphatic rings. The van der Waals surface area contributed by atoms with Gasteiger partial charge in [0.2, 0.25) is 5.89 Å². The fraction of sp³-hybridized carbons (Fsp3) is 0.471. The Morgan fingerprint density at radius 2 is 1.96 bits per heavy atom. The number of hydrogen-bond acceptors (Lipinski definition) is 5. The number of nitrogens with zero attached hydrogens (tertiary/aromatic N) is 3. The first-order valence-corrected chi connectivity index (χ1v) is 7.60. The van der Waals surface area contributed by atoms with Crippen LogP contribution in [0.25, 0.3) is 0 Å². The number of aromatic nitrogens is 2. The molecule has 124 valence electrons. The van der Waals surface area contributed by atoms with Crippen molar-refractivity contribution in [3.8, 4) is 0 Å². The van der Waals surface area contributed by atoms with Crippen LogP contribution in [-0.4, -0.2) is 38.7 Å². The quantitative estimate of drug-likeness (QED) is 0.884. The van der Waals surface area contributed by atoms with Gasteiger partial charge in [0.05, 0.1) is 12.1 Å². The fourth-order valence-corrected chi connectivity index (χ4v) is 2.17. The topological polar surface area (TPSA) is 79.5 Å². The summed E-state index contributed by atoms with van der Waals surface area (Å²) in [7, 11) is 1.70. The molecule has 0 fully saturated rings. The third-order valence-electron chi connectivity index (χ3n) is 3.52. The Morgan fingerprint density at radius 3 is 2.48 bits per heavy atom. The molecule has 0 saturated heterocycles. The van der Waals surface area contributed by atoms with Crippen molar-refractivity contribution in [2.24, 2.45) is 0 Å². The second-order valence-corrected chi connectivity index (χ2v) is 6.40. The molecule has 1 aromatic carbocycles. The number of amides is 1. The first kappa shape index (κ1) is 17.1. The molecular weight excluding hydrogens is 294 g/mol. The van der Waals surface area contributed by atoms with Gasteiger partial charge in [-0.2, -0.15) is 4.98 Å². The Kier molecular flexibility index (Phi) is 5.15. The van der Waals surface area contributed by atoms with Crippen LogP contribution in [0.15, 0.2) is 28.8 Å². The first-order valence-electron chi connectivity index (χ1n) is 7.60. The summed E-state index contributed by atoms with van der Waals surface area (Å²) in [5.41, 5.74) is 1.03. The van der Waals surface area contributed by atoms with Gasteiger partial charge in [-0.3, -0.25) is 4.79 Å². The lowest BCUT2D eigenvalue weighted by molar-refractivity contribution is 0.0712. The molecule has 0 unspecified atom stereocenters. The van der Waals surface area contributed by atoms with Crippen molar-refractivity contribution in [3.05, 3.63) is 47.1 Å². The summed E-state index contributed by atoms with van der Waals surface area (Å²) in [5.74, 6) is 0.874. The van der Waals surface area contributed by atoms with Crippen molar-refractivity contribution in [2.45, 2.75) is 45.8 Å². The molecule has 0 spiro atoms. The van der Waals surface area contributed by atoms with E-state index >= 15 is 0 Å². The Morgan fingerprint density at radius 1 is 1.30 bits per heavy atom. The average molecular weight is 317 g/mol. The third kappa shape index (κ3) is 5.17. The molecule has 2 aromatic rings. The SMILES string of the molecule is Cc1nc(CN(C)C(=O)c2ccc(CCC(C)(C)O)cc2)no1. The highest BCUT2D eigenvalue weighted by Gasteiger charge is 2.15. The number of benzene rings is 1. The van der Waals surface area contributed by atoms with E-state index in [1.165, 1.54) is 0 Å². The van der Waals surface area contributed by atoms with Gasteiger partial charge in [0.15, 0.2) is 5.82 Å². The van der Waals surface area contributed by atoms with Crippen LogP contribution in [0.5, 0.6) is 0 Å². The Hall–Kier alpha value is -2.21. The van der Waals surface area contributed by atoms with Crippen LogP contribution in [0.2, 0.25) is 0 Å². The van der Waals surface area contributed by atoms with Crippen molar-refractivity contribution in [3.63, 3.8) is 0 Å². The zero-order valence-corrected chi connectivity index (χ0v) is 14.0. The normalized spacial score (nSPS) is 11.5. The molecule has 1 aromatic heterocycles. The van der Waals surface area contributed by atoms with E-state index in [2.05, 4.69) is 10.1 Å². The third-order valence-corrected chi connectivity index (χ3v) is 3.52. The van der Waals surface area contributed by atoms with E-state index in [4.69, 9.17) is 4.52 Å². The molecule has 1 amide bonds. The Bertz CT molecular complexity index is 656. The van der Waals surface area contributed by atoms with Crippen molar-refractivity contribution in [2.75, 3.05) is 7.05 Å². The highest BCUT2D eigenvalue weighted by atomic mass is 16.5. The van der Waals surface area contributed by atoms with Gasteiger partial charge in [0.25, 0.3) is 5.91 Å². The Labute approximate surface area is 136 Å². The van der Waals surface area contributed by atoms with Crippen LogP contribution in [0.4, 0.5) is 0 Å². The summed E-state index contributed by atoms with van der Waals surface area (Å²) < 4.78 is 4.90. The summed E-state index contributed by atoms with van der Waals surface area (Å²) in [4.78, 5) is 18.0. The highest BCUT2D eigenvalue weighted by Crippen LogP contribution is 2.15. The minimum atomic E-state index is -0.683.